The number of rotatable bonds is 3. The van der Waals surface area contributed by atoms with E-state index in [4.69, 9.17) is 0 Å². The summed E-state index contributed by atoms with van der Waals surface area (Å²) in [5.74, 6) is -2.06. The van der Waals surface area contributed by atoms with E-state index in [1.807, 2.05) is 0 Å². The van der Waals surface area contributed by atoms with Gasteiger partial charge >= 0.3 is 29.6 Å². The number of sulfone groups is 1. The molecule has 0 aliphatic carbocycles. The van der Waals surface area contributed by atoms with Crippen LogP contribution in [-0.2, 0) is 19.4 Å². The van der Waals surface area contributed by atoms with Crippen LogP contribution in [0.15, 0.2) is 30.5 Å². The van der Waals surface area contributed by atoms with Crippen molar-refractivity contribution in [3.05, 3.63) is 36.2 Å². The fourth-order valence-electron chi connectivity index (χ4n) is 2.95. The molecule has 116 valence electrons. The second kappa shape index (κ2) is 6.01. The molecule has 3 heterocycles. The summed E-state index contributed by atoms with van der Waals surface area (Å²) in [5, 5.41) is 10.4. The van der Waals surface area contributed by atoms with Crippen molar-refractivity contribution in [3.63, 3.8) is 0 Å². The number of β-lactam (4-membered cyclic amide) rings is 1. The van der Waals surface area contributed by atoms with Crippen LogP contribution >= 0.6 is 0 Å². The van der Waals surface area contributed by atoms with Crippen molar-refractivity contribution in [2.24, 2.45) is 0 Å². The van der Waals surface area contributed by atoms with Crippen LogP contribution in [0.1, 0.15) is 19.0 Å². The molecule has 0 bridgehead atoms. The van der Waals surface area contributed by atoms with Crippen LogP contribution in [0.4, 0.5) is 0 Å². The van der Waals surface area contributed by atoms with E-state index in [0.717, 1.165) is 4.90 Å². The monoisotopic (exact) mass is 344 g/mol. The van der Waals surface area contributed by atoms with Crippen molar-refractivity contribution in [2.45, 2.75) is 29.5 Å². The third kappa shape index (κ3) is 2.53. The Kier molecular flexibility index (Phi) is 4.74. The predicted octanol–water partition coefficient (Wildman–Crippen LogP) is -4.04. The molecule has 0 aromatic carbocycles. The molecular weight excluding hydrogens is 331 g/mol. The van der Waals surface area contributed by atoms with Gasteiger partial charge in [0, 0.05) is 6.20 Å². The van der Waals surface area contributed by atoms with Crippen LogP contribution in [0.25, 0.3) is 6.08 Å². The van der Waals surface area contributed by atoms with Gasteiger partial charge in [-0.05, 0) is 25.1 Å². The summed E-state index contributed by atoms with van der Waals surface area (Å²) >= 11 is 0. The maximum atomic E-state index is 12.6. The van der Waals surface area contributed by atoms with Crippen LogP contribution in [0, 0.1) is 0 Å². The van der Waals surface area contributed by atoms with E-state index in [-0.39, 0.29) is 36.0 Å². The Labute approximate surface area is 155 Å². The van der Waals surface area contributed by atoms with Gasteiger partial charge in [-0.2, -0.15) is 0 Å². The largest absolute Gasteiger partial charge is 1.00 e. The van der Waals surface area contributed by atoms with Gasteiger partial charge in [-0.15, -0.1) is 0 Å². The van der Waals surface area contributed by atoms with E-state index in [1.54, 1.807) is 18.2 Å². The molecule has 0 unspecified atom stereocenters. The number of amides is 1. The topological polar surface area (TPSA) is 107 Å². The summed E-state index contributed by atoms with van der Waals surface area (Å²) in [5.41, 5.74) is 0.497. The number of carbonyl (C=O) groups excluding carboxylic acids is 2. The van der Waals surface area contributed by atoms with Gasteiger partial charge in [-0.25, -0.2) is 8.42 Å². The van der Waals surface area contributed by atoms with Crippen molar-refractivity contribution in [1.29, 1.82) is 0 Å². The molecule has 23 heavy (non-hydrogen) atoms. The Morgan fingerprint density at radius 2 is 2.17 bits per heavy atom. The normalized spacial score (nSPS) is 31.3. The molecule has 1 aromatic rings. The maximum absolute atomic E-state index is 12.6. The molecule has 0 radical (unpaired) electrons. The van der Waals surface area contributed by atoms with Gasteiger partial charge in [-0.3, -0.25) is 9.78 Å². The van der Waals surface area contributed by atoms with Crippen LogP contribution in [0.2, 0.25) is 0 Å². The average Bonchev–Trinajstić information content (AvgIpc) is 2.61. The molecule has 0 N–H and O–H groups in total. The average molecular weight is 344 g/mol. The minimum atomic E-state index is -3.86. The molecular formula is C14H13N2NaO5S. The van der Waals surface area contributed by atoms with E-state index in [9.17, 15) is 23.1 Å². The number of hydrogen-bond acceptors (Lipinski definition) is 6. The Hall–Kier alpha value is -1.22. The molecule has 0 spiro atoms. The number of carboxylic acids is 1. The Morgan fingerprint density at radius 3 is 2.70 bits per heavy atom. The zero-order valence-corrected chi connectivity index (χ0v) is 15.5. The second-order valence-electron chi connectivity index (χ2n) is 5.50. The molecule has 9 heteroatoms. The fourth-order valence-corrected chi connectivity index (χ4v) is 5.22. The molecule has 0 saturated carbocycles. The minimum absolute atomic E-state index is 0. The molecule has 1 aromatic heterocycles. The van der Waals surface area contributed by atoms with E-state index in [2.05, 4.69) is 4.98 Å². The van der Waals surface area contributed by atoms with Gasteiger partial charge in [0.1, 0.15) is 10.1 Å². The third-order valence-corrected chi connectivity index (χ3v) is 6.93. The minimum Gasteiger partial charge on any atom is -0.548 e. The number of carboxylic acid groups (broad SMARTS) is 1. The molecule has 1 amide bonds. The number of hydrogen-bond donors (Lipinski definition) is 0. The smallest absolute Gasteiger partial charge is 0.548 e. The van der Waals surface area contributed by atoms with E-state index >= 15 is 0 Å². The first-order valence-corrected chi connectivity index (χ1v) is 8.19. The zero-order valence-electron chi connectivity index (χ0n) is 12.7. The van der Waals surface area contributed by atoms with Crippen molar-refractivity contribution < 1.29 is 52.7 Å². The van der Waals surface area contributed by atoms with Crippen LogP contribution in [0.5, 0.6) is 0 Å². The summed E-state index contributed by atoms with van der Waals surface area (Å²) in [7, 11) is -3.86. The first kappa shape index (κ1) is 18.1. The summed E-state index contributed by atoms with van der Waals surface area (Å²) < 4.78 is 23.5. The van der Waals surface area contributed by atoms with E-state index in [1.165, 1.54) is 25.3 Å². The van der Waals surface area contributed by atoms with Crippen molar-refractivity contribution in [2.75, 3.05) is 0 Å². The first-order valence-electron chi connectivity index (χ1n) is 6.65. The number of aromatic nitrogens is 1. The summed E-state index contributed by atoms with van der Waals surface area (Å²) in [6.45, 7) is 1.30. The standard InChI is InChI=1S/C14H14N2O5S.Na/c1-14(6-5-9-4-2-3-7-15-9)12(13(18)19)16-10(17)8-11(16)22(14,20)21;/h2-7,11-12H,8H2,1H3,(H,18,19);/q;+1/p-1/b6-5+;/t11-,12+,14+;/m1./s1. The molecule has 2 fully saturated rings. The maximum Gasteiger partial charge on any atom is 1.00 e. The van der Waals surface area contributed by atoms with Crippen molar-refractivity contribution in [1.82, 2.24) is 9.88 Å². The van der Waals surface area contributed by atoms with Gasteiger partial charge in [0.15, 0.2) is 9.84 Å². The Morgan fingerprint density at radius 1 is 1.48 bits per heavy atom. The molecule has 2 aliphatic rings. The SMILES string of the molecule is C[C@]1(/C=C/c2ccccn2)[C@H](C(=O)[O-])N2C(=O)C[C@H]2S1(=O)=O.[Na+]. The van der Waals surface area contributed by atoms with Crippen LogP contribution < -0.4 is 34.7 Å². The van der Waals surface area contributed by atoms with Crippen molar-refractivity contribution in [3.8, 4) is 0 Å². The molecule has 2 aliphatic heterocycles. The summed E-state index contributed by atoms with van der Waals surface area (Å²) in [6, 6.07) is 3.57. The fraction of sp³-hybridized carbons (Fsp3) is 0.357. The quantitative estimate of drug-likeness (QED) is 0.408. The molecule has 2 saturated heterocycles. The second-order valence-corrected chi connectivity index (χ2v) is 8.01. The number of nitrogens with zero attached hydrogens (tertiary/aromatic N) is 2. The molecule has 7 nitrogen and oxygen atoms in total. The number of aliphatic carboxylic acids is 1. The van der Waals surface area contributed by atoms with Gasteiger partial charge in [0.2, 0.25) is 5.91 Å². The summed E-state index contributed by atoms with van der Waals surface area (Å²) in [4.78, 5) is 28.0. The Bertz CT molecular complexity index is 780. The summed E-state index contributed by atoms with van der Waals surface area (Å²) in [6.07, 6.45) is 4.10. The van der Waals surface area contributed by atoms with E-state index in [0.29, 0.717) is 5.69 Å². The van der Waals surface area contributed by atoms with Gasteiger partial charge < -0.3 is 14.8 Å². The van der Waals surface area contributed by atoms with Gasteiger partial charge in [0.05, 0.1) is 24.1 Å². The number of fused-ring (bicyclic) bond motifs is 1. The first-order chi connectivity index (χ1) is 10.3. The Balaban J connectivity index is 0.00000192. The number of pyridine rings is 1. The number of carbonyl (C=O) groups is 2. The van der Waals surface area contributed by atoms with Gasteiger partial charge in [0.25, 0.3) is 0 Å². The van der Waals surface area contributed by atoms with Crippen LogP contribution in [0.3, 0.4) is 0 Å². The van der Waals surface area contributed by atoms with E-state index < -0.39 is 37.9 Å². The van der Waals surface area contributed by atoms with Gasteiger partial charge in [-0.1, -0.05) is 12.1 Å². The predicted molar refractivity (Wildman–Crippen MR) is 74.6 cm³/mol. The molecule has 3 atom stereocenters. The third-order valence-electron chi connectivity index (χ3n) is 4.24. The van der Waals surface area contributed by atoms with Crippen molar-refractivity contribution >= 4 is 27.8 Å². The molecule has 3 rings (SSSR count). The zero-order chi connectivity index (χ0) is 16.1. The van der Waals surface area contributed by atoms with Crippen LogP contribution in [-0.4, -0.2) is 46.3 Å².